The summed E-state index contributed by atoms with van der Waals surface area (Å²) in [5.74, 6) is 0.836. The molecule has 2 rings (SSSR count). The molecule has 0 N–H and O–H groups in total. The van der Waals surface area contributed by atoms with Gasteiger partial charge in [-0.3, -0.25) is 4.98 Å². The summed E-state index contributed by atoms with van der Waals surface area (Å²) in [6, 6.07) is 7.40. The molecule has 0 amide bonds. The molecule has 0 fully saturated rings. The lowest BCUT2D eigenvalue weighted by Gasteiger charge is -2.15. The lowest BCUT2D eigenvalue weighted by molar-refractivity contribution is 0.486. The largest absolute Gasteiger partial charge is 0.448 e. The number of hydrogen-bond acceptors (Lipinski definition) is 2. The van der Waals surface area contributed by atoms with E-state index in [1.165, 1.54) is 0 Å². The number of furan rings is 1. The van der Waals surface area contributed by atoms with Crippen molar-refractivity contribution in [1.29, 1.82) is 0 Å². The van der Waals surface area contributed by atoms with Crippen LogP contribution in [0.15, 0.2) is 41.1 Å². The highest BCUT2D eigenvalue weighted by atomic mass is 35.5. The van der Waals surface area contributed by atoms with Crippen LogP contribution in [0.4, 0.5) is 0 Å². The number of rotatable bonds is 3. The highest BCUT2D eigenvalue weighted by Gasteiger charge is 2.21. The van der Waals surface area contributed by atoms with Gasteiger partial charge in [-0.05, 0) is 41.4 Å². The Labute approximate surface area is 104 Å². The van der Waals surface area contributed by atoms with Crippen molar-refractivity contribution in [3.8, 4) is 0 Å². The first kappa shape index (κ1) is 11.5. The van der Waals surface area contributed by atoms with Crippen LogP contribution in [0.25, 0.3) is 0 Å². The maximum absolute atomic E-state index is 6.33. The van der Waals surface area contributed by atoms with Gasteiger partial charge in [-0.1, -0.05) is 6.92 Å². The highest BCUT2D eigenvalue weighted by molar-refractivity contribution is 6.29. The summed E-state index contributed by atoms with van der Waals surface area (Å²) in [6.45, 7) is 2.05. The second-order valence-corrected chi connectivity index (χ2v) is 4.46. The minimum Gasteiger partial charge on any atom is -0.448 e. The normalized spacial score (nSPS) is 14.7. The molecule has 2 atom stereocenters. The molecule has 0 aliphatic heterocycles. The van der Waals surface area contributed by atoms with Gasteiger partial charge in [0.1, 0.15) is 5.76 Å². The maximum atomic E-state index is 6.33. The second kappa shape index (κ2) is 4.89. The Hall–Kier alpha value is -0.990. The van der Waals surface area contributed by atoms with Crippen LogP contribution >= 0.6 is 23.2 Å². The lowest BCUT2D eigenvalue weighted by atomic mass is 9.97. The molecule has 2 heterocycles. The summed E-state index contributed by atoms with van der Waals surface area (Å²) >= 11 is 12.1. The van der Waals surface area contributed by atoms with E-state index in [0.717, 1.165) is 5.56 Å². The molecular weight excluding hydrogens is 245 g/mol. The van der Waals surface area contributed by atoms with Crippen molar-refractivity contribution in [3.05, 3.63) is 53.2 Å². The van der Waals surface area contributed by atoms with Gasteiger partial charge in [0.2, 0.25) is 0 Å². The summed E-state index contributed by atoms with van der Waals surface area (Å²) < 4.78 is 5.31. The summed E-state index contributed by atoms with van der Waals surface area (Å²) in [6.07, 6.45) is 3.51. The molecule has 0 saturated carbocycles. The summed E-state index contributed by atoms with van der Waals surface area (Å²) in [7, 11) is 0. The lowest BCUT2D eigenvalue weighted by Crippen LogP contribution is -2.01. The summed E-state index contributed by atoms with van der Waals surface area (Å²) in [4.78, 5) is 3.98. The van der Waals surface area contributed by atoms with Crippen LogP contribution in [-0.2, 0) is 0 Å². The Bertz CT molecular complexity index is 455. The Morgan fingerprint density at radius 3 is 2.44 bits per heavy atom. The van der Waals surface area contributed by atoms with E-state index in [-0.39, 0.29) is 11.3 Å². The van der Waals surface area contributed by atoms with Gasteiger partial charge in [0.05, 0.1) is 5.38 Å². The molecule has 0 bridgehead atoms. The third-order valence-electron chi connectivity index (χ3n) is 2.54. The molecule has 2 aromatic rings. The monoisotopic (exact) mass is 255 g/mol. The van der Waals surface area contributed by atoms with Gasteiger partial charge < -0.3 is 4.42 Å². The number of aromatic nitrogens is 1. The van der Waals surface area contributed by atoms with Gasteiger partial charge in [-0.25, -0.2) is 0 Å². The SMILES string of the molecule is CC(c1ccncc1)C(Cl)c1ccc(Cl)o1. The molecule has 84 valence electrons. The van der Waals surface area contributed by atoms with Crippen molar-refractivity contribution >= 4 is 23.2 Å². The maximum Gasteiger partial charge on any atom is 0.193 e. The standard InChI is InChI=1S/C12H11Cl2NO/c1-8(9-4-6-15-7-5-9)12(14)10-2-3-11(13)16-10/h2-8,12H,1H3. The molecule has 0 aliphatic rings. The number of nitrogens with zero attached hydrogens (tertiary/aromatic N) is 1. The van der Waals surface area contributed by atoms with E-state index >= 15 is 0 Å². The van der Waals surface area contributed by atoms with Crippen LogP contribution in [0, 0.1) is 0 Å². The fourth-order valence-corrected chi connectivity index (χ4v) is 1.97. The molecule has 0 saturated heterocycles. The van der Waals surface area contributed by atoms with Gasteiger partial charge >= 0.3 is 0 Å². The molecule has 0 radical (unpaired) electrons. The van der Waals surface area contributed by atoms with Gasteiger partial charge in [-0.15, -0.1) is 11.6 Å². The van der Waals surface area contributed by atoms with Crippen molar-refractivity contribution in [3.63, 3.8) is 0 Å². The van der Waals surface area contributed by atoms with Crippen molar-refractivity contribution in [2.45, 2.75) is 18.2 Å². The molecule has 2 nitrogen and oxygen atoms in total. The predicted molar refractivity (Wildman–Crippen MR) is 65.0 cm³/mol. The Kier molecular flexibility index (Phi) is 3.52. The smallest absolute Gasteiger partial charge is 0.193 e. The van der Waals surface area contributed by atoms with E-state index in [0.29, 0.717) is 11.0 Å². The fraction of sp³-hybridized carbons (Fsp3) is 0.250. The molecular formula is C12H11Cl2NO. The average Bonchev–Trinajstić information content (AvgIpc) is 2.75. The van der Waals surface area contributed by atoms with Gasteiger partial charge in [0.25, 0.3) is 0 Å². The predicted octanol–water partition coefficient (Wildman–Crippen LogP) is 4.41. The van der Waals surface area contributed by atoms with Crippen LogP contribution < -0.4 is 0 Å². The molecule has 2 aromatic heterocycles. The minimum absolute atomic E-state index is 0.145. The zero-order valence-electron chi connectivity index (χ0n) is 8.73. The van der Waals surface area contributed by atoms with Crippen LogP contribution in [0.3, 0.4) is 0 Å². The molecule has 0 aromatic carbocycles. The number of pyridine rings is 1. The second-order valence-electron chi connectivity index (χ2n) is 3.61. The fourth-order valence-electron chi connectivity index (χ4n) is 1.56. The van der Waals surface area contributed by atoms with E-state index in [1.807, 2.05) is 19.1 Å². The van der Waals surface area contributed by atoms with Crippen molar-refractivity contribution in [1.82, 2.24) is 4.98 Å². The highest BCUT2D eigenvalue weighted by Crippen LogP contribution is 2.37. The number of hydrogen-bond donors (Lipinski definition) is 0. The first-order chi connectivity index (χ1) is 7.68. The van der Waals surface area contributed by atoms with Gasteiger partial charge in [0, 0.05) is 18.3 Å². The van der Waals surface area contributed by atoms with Crippen molar-refractivity contribution in [2.75, 3.05) is 0 Å². The first-order valence-corrected chi connectivity index (χ1v) is 5.79. The van der Waals surface area contributed by atoms with Crippen LogP contribution in [0.5, 0.6) is 0 Å². The van der Waals surface area contributed by atoms with Crippen LogP contribution in [0.2, 0.25) is 5.22 Å². The topological polar surface area (TPSA) is 26.0 Å². The van der Waals surface area contributed by atoms with E-state index in [2.05, 4.69) is 4.98 Å². The zero-order valence-corrected chi connectivity index (χ0v) is 10.2. The van der Waals surface area contributed by atoms with Crippen LogP contribution in [0.1, 0.15) is 29.5 Å². The Morgan fingerprint density at radius 1 is 1.19 bits per heavy atom. The van der Waals surface area contributed by atoms with E-state index in [9.17, 15) is 0 Å². The minimum atomic E-state index is -0.227. The zero-order chi connectivity index (χ0) is 11.5. The quantitative estimate of drug-likeness (QED) is 0.760. The molecule has 2 unspecified atom stereocenters. The van der Waals surface area contributed by atoms with Gasteiger partial charge in [0.15, 0.2) is 5.22 Å². The van der Waals surface area contributed by atoms with E-state index < -0.39 is 0 Å². The van der Waals surface area contributed by atoms with Gasteiger partial charge in [-0.2, -0.15) is 0 Å². The Morgan fingerprint density at radius 2 is 1.88 bits per heavy atom. The third-order valence-corrected chi connectivity index (χ3v) is 3.33. The molecule has 16 heavy (non-hydrogen) atoms. The van der Waals surface area contributed by atoms with E-state index in [4.69, 9.17) is 27.6 Å². The molecule has 0 spiro atoms. The van der Waals surface area contributed by atoms with Crippen molar-refractivity contribution in [2.24, 2.45) is 0 Å². The summed E-state index contributed by atoms with van der Waals surface area (Å²) in [5.41, 5.74) is 1.13. The molecule has 4 heteroatoms. The summed E-state index contributed by atoms with van der Waals surface area (Å²) in [5, 5.41) is 0.137. The molecule has 0 aliphatic carbocycles. The average molecular weight is 256 g/mol. The third kappa shape index (κ3) is 2.39. The first-order valence-electron chi connectivity index (χ1n) is 4.97. The Balaban J connectivity index is 2.19. The van der Waals surface area contributed by atoms with Crippen LogP contribution in [-0.4, -0.2) is 4.98 Å². The number of alkyl halides is 1. The van der Waals surface area contributed by atoms with E-state index in [1.54, 1.807) is 24.5 Å². The number of halogens is 2. The van der Waals surface area contributed by atoms with Crippen molar-refractivity contribution < 1.29 is 4.42 Å².